The summed E-state index contributed by atoms with van der Waals surface area (Å²) in [6, 6.07) is 20.2. The van der Waals surface area contributed by atoms with Crippen LogP contribution in [0.4, 0.5) is 11.8 Å². The Kier molecular flexibility index (Phi) is 6.35. The number of halogens is 1. The molecule has 0 radical (unpaired) electrons. The smallest absolute Gasteiger partial charge is 0.225 e. The van der Waals surface area contributed by atoms with E-state index < -0.39 is 0 Å². The topological polar surface area (TPSA) is 59.1 Å². The van der Waals surface area contributed by atoms with E-state index >= 15 is 0 Å². The van der Waals surface area contributed by atoms with Crippen molar-refractivity contribution in [2.24, 2.45) is 0 Å². The quantitative estimate of drug-likeness (QED) is 0.315. The number of nitrogens with one attached hydrogen (secondary N) is 2. The highest BCUT2D eigenvalue weighted by Gasteiger charge is 2.13. The van der Waals surface area contributed by atoms with Gasteiger partial charge in [-0.15, -0.1) is 11.3 Å². The summed E-state index contributed by atoms with van der Waals surface area (Å²) in [5.41, 5.74) is 2.10. The predicted octanol–water partition coefficient (Wildman–Crippen LogP) is 6.32. The monoisotopic (exact) mass is 438 g/mol. The molecular formula is C23H23ClN4OS. The third-order valence-electron chi connectivity index (χ3n) is 4.34. The number of rotatable bonds is 8. The Morgan fingerprint density at radius 2 is 1.80 bits per heavy atom. The minimum atomic E-state index is 0.242. The molecule has 0 atom stereocenters. The summed E-state index contributed by atoms with van der Waals surface area (Å²) < 4.78 is 6.82. The van der Waals surface area contributed by atoms with Crippen LogP contribution in [0.2, 0.25) is 5.02 Å². The Labute approximate surface area is 185 Å². The fourth-order valence-electron chi connectivity index (χ4n) is 3.01. The first kappa shape index (κ1) is 20.4. The third kappa shape index (κ3) is 4.83. The Morgan fingerprint density at radius 3 is 2.57 bits per heavy atom. The van der Waals surface area contributed by atoms with Crippen LogP contribution >= 0.6 is 22.9 Å². The van der Waals surface area contributed by atoms with Crippen molar-refractivity contribution in [1.29, 1.82) is 0 Å². The first-order valence-electron chi connectivity index (χ1n) is 9.85. The Bertz CT molecular complexity index is 1130. The number of hydrogen-bond acceptors (Lipinski definition) is 6. The molecule has 0 saturated carbocycles. The predicted molar refractivity (Wildman–Crippen MR) is 127 cm³/mol. The first-order chi connectivity index (χ1) is 14.6. The van der Waals surface area contributed by atoms with E-state index in [1.165, 1.54) is 5.56 Å². The molecule has 2 aromatic heterocycles. The molecule has 0 amide bonds. The molecule has 7 heteroatoms. The standard InChI is InChI=1S/C23H23ClN4OS/c1-15(2)26-23-27-18-14-20(16-8-4-3-5-9-16)30-21(18)22(28-23)25-12-13-29-19-11-7-6-10-17(19)24/h3-11,14-15H,12-13H2,1-2H3,(H2,25,26,27,28). The summed E-state index contributed by atoms with van der Waals surface area (Å²) in [6.07, 6.45) is 0. The van der Waals surface area contributed by atoms with Gasteiger partial charge in [0, 0.05) is 10.9 Å². The van der Waals surface area contributed by atoms with Crippen LogP contribution in [0.15, 0.2) is 60.7 Å². The molecule has 0 aliphatic carbocycles. The van der Waals surface area contributed by atoms with Crippen molar-refractivity contribution in [1.82, 2.24) is 9.97 Å². The number of aromatic nitrogens is 2. The molecule has 4 aromatic rings. The molecule has 0 aliphatic rings. The number of thiophene rings is 1. The second-order valence-electron chi connectivity index (χ2n) is 7.09. The molecule has 0 fully saturated rings. The van der Waals surface area contributed by atoms with Gasteiger partial charge in [-0.25, -0.2) is 4.98 Å². The second kappa shape index (κ2) is 9.32. The van der Waals surface area contributed by atoms with E-state index in [-0.39, 0.29) is 6.04 Å². The maximum absolute atomic E-state index is 6.16. The largest absolute Gasteiger partial charge is 0.490 e. The third-order valence-corrected chi connectivity index (χ3v) is 5.83. The maximum atomic E-state index is 6.16. The number of para-hydroxylation sites is 1. The highest BCUT2D eigenvalue weighted by molar-refractivity contribution is 7.22. The fraction of sp³-hybridized carbons (Fsp3) is 0.217. The molecule has 0 aliphatic heterocycles. The van der Waals surface area contributed by atoms with Crippen molar-refractivity contribution < 1.29 is 4.74 Å². The van der Waals surface area contributed by atoms with E-state index in [0.29, 0.717) is 29.9 Å². The molecule has 2 N–H and O–H groups in total. The molecule has 0 saturated heterocycles. The molecule has 0 unspecified atom stereocenters. The molecule has 154 valence electrons. The van der Waals surface area contributed by atoms with E-state index in [4.69, 9.17) is 26.3 Å². The van der Waals surface area contributed by atoms with Gasteiger partial charge in [0.25, 0.3) is 0 Å². The molecule has 4 rings (SSSR count). The summed E-state index contributed by atoms with van der Waals surface area (Å²) in [7, 11) is 0. The van der Waals surface area contributed by atoms with Crippen molar-refractivity contribution in [3.05, 3.63) is 65.7 Å². The van der Waals surface area contributed by atoms with Crippen LogP contribution in [0.1, 0.15) is 13.8 Å². The number of anilines is 2. The van der Waals surface area contributed by atoms with Crippen LogP contribution in [0.5, 0.6) is 5.75 Å². The van der Waals surface area contributed by atoms with Gasteiger partial charge in [-0.05, 0) is 37.6 Å². The number of hydrogen-bond donors (Lipinski definition) is 2. The fourth-order valence-corrected chi connectivity index (χ4v) is 4.27. The summed E-state index contributed by atoms with van der Waals surface area (Å²) >= 11 is 7.84. The highest BCUT2D eigenvalue weighted by Crippen LogP contribution is 2.36. The molecule has 0 bridgehead atoms. The number of ether oxygens (including phenoxy) is 1. The lowest BCUT2D eigenvalue weighted by Crippen LogP contribution is -2.16. The van der Waals surface area contributed by atoms with Gasteiger partial charge in [0.1, 0.15) is 18.2 Å². The van der Waals surface area contributed by atoms with Gasteiger partial charge in [-0.3, -0.25) is 0 Å². The zero-order valence-corrected chi connectivity index (χ0v) is 18.4. The Morgan fingerprint density at radius 1 is 1.03 bits per heavy atom. The van der Waals surface area contributed by atoms with Gasteiger partial charge < -0.3 is 15.4 Å². The van der Waals surface area contributed by atoms with Crippen LogP contribution in [-0.4, -0.2) is 29.2 Å². The lowest BCUT2D eigenvalue weighted by molar-refractivity contribution is 0.333. The molecule has 2 aromatic carbocycles. The van der Waals surface area contributed by atoms with Crippen molar-refractivity contribution in [2.45, 2.75) is 19.9 Å². The summed E-state index contributed by atoms with van der Waals surface area (Å²) in [5, 5.41) is 7.32. The first-order valence-corrected chi connectivity index (χ1v) is 11.0. The van der Waals surface area contributed by atoms with Crippen LogP contribution in [0.25, 0.3) is 20.7 Å². The zero-order valence-electron chi connectivity index (χ0n) is 16.9. The molecule has 0 spiro atoms. The lowest BCUT2D eigenvalue weighted by Gasteiger charge is -2.12. The average molecular weight is 439 g/mol. The molecule has 2 heterocycles. The van der Waals surface area contributed by atoms with Crippen LogP contribution < -0.4 is 15.4 Å². The van der Waals surface area contributed by atoms with Gasteiger partial charge >= 0.3 is 0 Å². The number of nitrogens with zero attached hydrogens (tertiary/aromatic N) is 2. The maximum Gasteiger partial charge on any atom is 0.225 e. The number of benzene rings is 2. The second-order valence-corrected chi connectivity index (χ2v) is 8.55. The van der Waals surface area contributed by atoms with Gasteiger partial charge in [-0.2, -0.15) is 4.98 Å². The SMILES string of the molecule is CC(C)Nc1nc(NCCOc2ccccc2Cl)c2sc(-c3ccccc3)cc2n1. The van der Waals surface area contributed by atoms with Gasteiger partial charge in [-0.1, -0.05) is 54.1 Å². The van der Waals surface area contributed by atoms with E-state index in [0.717, 1.165) is 20.9 Å². The highest BCUT2D eigenvalue weighted by atomic mass is 35.5. The summed E-state index contributed by atoms with van der Waals surface area (Å²) in [6.45, 7) is 5.21. The van der Waals surface area contributed by atoms with Crippen molar-refractivity contribution >= 4 is 44.9 Å². The van der Waals surface area contributed by atoms with E-state index in [9.17, 15) is 0 Å². The zero-order chi connectivity index (χ0) is 20.9. The molecule has 5 nitrogen and oxygen atoms in total. The lowest BCUT2D eigenvalue weighted by atomic mass is 10.2. The normalized spacial score (nSPS) is 11.1. The van der Waals surface area contributed by atoms with Gasteiger partial charge in [0.05, 0.1) is 21.8 Å². The Hall–Kier alpha value is -2.83. The Balaban J connectivity index is 1.56. The van der Waals surface area contributed by atoms with Crippen LogP contribution in [-0.2, 0) is 0 Å². The number of fused-ring (bicyclic) bond motifs is 1. The van der Waals surface area contributed by atoms with E-state index in [1.807, 2.05) is 42.5 Å². The minimum Gasteiger partial charge on any atom is -0.490 e. The van der Waals surface area contributed by atoms with Crippen molar-refractivity contribution in [3.63, 3.8) is 0 Å². The summed E-state index contributed by atoms with van der Waals surface area (Å²) in [4.78, 5) is 10.6. The summed E-state index contributed by atoms with van der Waals surface area (Å²) in [5.74, 6) is 2.10. The van der Waals surface area contributed by atoms with Gasteiger partial charge in [0.2, 0.25) is 5.95 Å². The minimum absolute atomic E-state index is 0.242. The van der Waals surface area contributed by atoms with Crippen molar-refractivity contribution in [3.8, 4) is 16.2 Å². The van der Waals surface area contributed by atoms with Crippen LogP contribution in [0, 0.1) is 0 Å². The van der Waals surface area contributed by atoms with Crippen molar-refractivity contribution in [2.75, 3.05) is 23.8 Å². The molecular weight excluding hydrogens is 416 g/mol. The van der Waals surface area contributed by atoms with Gasteiger partial charge in [0.15, 0.2) is 0 Å². The average Bonchev–Trinajstić information content (AvgIpc) is 3.17. The van der Waals surface area contributed by atoms with Crippen LogP contribution in [0.3, 0.4) is 0 Å². The van der Waals surface area contributed by atoms with E-state index in [1.54, 1.807) is 11.3 Å². The molecule has 30 heavy (non-hydrogen) atoms. The van der Waals surface area contributed by atoms with E-state index in [2.05, 4.69) is 42.7 Å².